The molecule has 0 N–H and O–H groups in total. The van der Waals surface area contributed by atoms with E-state index < -0.39 is 23.8 Å². The van der Waals surface area contributed by atoms with Gasteiger partial charge in [-0.25, -0.2) is 9.78 Å². The molecule has 5 rings (SSSR count). The molecule has 2 aliphatic rings. The average Bonchev–Trinajstić information content (AvgIpc) is 3.55. The van der Waals surface area contributed by atoms with Gasteiger partial charge >= 0.3 is 12.5 Å². The summed E-state index contributed by atoms with van der Waals surface area (Å²) in [4.78, 5) is 25.3. The summed E-state index contributed by atoms with van der Waals surface area (Å²) in [5.41, 5.74) is 0.135. The number of carbonyl (C=O) groups excluding carboxylic acids is 1. The number of piperazine rings is 1. The van der Waals surface area contributed by atoms with Crippen molar-refractivity contribution >= 4 is 34.5 Å². The molecule has 2 bridgehead atoms. The van der Waals surface area contributed by atoms with Crippen LogP contribution >= 0.6 is 11.3 Å². The number of hydrogen-bond acceptors (Lipinski definition) is 9. The first-order valence-corrected chi connectivity index (χ1v) is 13.1. The van der Waals surface area contributed by atoms with Gasteiger partial charge in [0.25, 0.3) is 6.01 Å². The summed E-state index contributed by atoms with van der Waals surface area (Å²) in [6, 6.07) is 1.45. The molecule has 206 valence electrons. The smallest absolute Gasteiger partial charge is 0.444 e. The highest BCUT2D eigenvalue weighted by atomic mass is 32.1. The molecule has 2 aliphatic heterocycles. The maximum absolute atomic E-state index is 13.5. The van der Waals surface area contributed by atoms with E-state index >= 15 is 0 Å². The topological polar surface area (TPSA) is 90.2 Å². The minimum Gasteiger partial charge on any atom is -0.444 e. The predicted octanol–water partition coefficient (Wildman–Crippen LogP) is 6.15. The largest absolute Gasteiger partial charge is 0.573 e. The van der Waals surface area contributed by atoms with Crippen LogP contribution in [0.15, 0.2) is 22.1 Å². The minimum absolute atomic E-state index is 0.0640. The molecule has 3 aromatic rings. The maximum atomic E-state index is 13.5. The van der Waals surface area contributed by atoms with Crippen molar-refractivity contribution in [3.63, 3.8) is 0 Å². The number of hydrogen-bond donors (Lipinski definition) is 0. The van der Waals surface area contributed by atoms with E-state index in [0.29, 0.717) is 23.7 Å². The number of ether oxygens (including phenoxy) is 3. The molecule has 2 aromatic heterocycles. The normalized spacial score (nSPS) is 20.7. The molecule has 9 nitrogen and oxygen atoms in total. The summed E-state index contributed by atoms with van der Waals surface area (Å²) < 4.78 is 62.1. The number of carbonyl (C=O) groups is 1. The summed E-state index contributed by atoms with van der Waals surface area (Å²) in [6.45, 7) is 7.91. The highest BCUT2D eigenvalue weighted by Crippen LogP contribution is 2.45. The standard InChI is InChI=1S/C25H29F3N4O5S/c1-13(34-5)16-10-17(21-29-8-9-38-21)19-18(20(16)36-25(26,27)28)30-22(35-19)31-11-14-6-7-15(12-31)32(14)23(33)37-24(2,3)4/h8-10,13-15H,6-7,11-12H2,1-5H3. The Morgan fingerprint density at radius 2 is 1.89 bits per heavy atom. The number of methoxy groups -OCH3 is 1. The number of fused-ring (bicyclic) bond motifs is 3. The summed E-state index contributed by atoms with van der Waals surface area (Å²) in [7, 11) is 1.41. The van der Waals surface area contributed by atoms with Crippen LogP contribution in [0.2, 0.25) is 0 Å². The van der Waals surface area contributed by atoms with Crippen molar-refractivity contribution in [1.82, 2.24) is 14.9 Å². The van der Waals surface area contributed by atoms with Crippen molar-refractivity contribution in [2.45, 2.75) is 70.7 Å². The van der Waals surface area contributed by atoms with Crippen LogP contribution in [-0.4, -0.2) is 65.2 Å². The molecule has 3 atom stereocenters. The minimum atomic E-state index is -4.95. The van der Waals surface area contributed by atoms with E-state index in [1.807, 2.05) is 25.7 Å². The van der Waals surface area contributed by atoms with E-state index in [0.717, 1.165) is 12.8 Å². The Morgan fingerprint density at radius 1 is 1.21 bits per heavy atom. The number of aromatic nitrogens is 2. The molecule has 4 heterocycles. The second kappa shape index (κ2) is 9.60. The van der Waals surface area contributed by atoms with Crippen LogP contribution in [0.3, 0.4) is 0 Å². The molecule has 3 unspecified atom stereocenters. The first-order valence-electron chi connectivity index (χ1n) is 12.3. The number of alkyl halides is 3. The van der Waals surface area contributed by atoms with Gasteiger partial charge < -0.3 is 23.5 Å². The van der Waals surface area contributed by atoms with Gasteiger partial charge in [-0.2, -0.15) is 4.98 Å². The summed E-state index contributed by atoms with van der Waals surface area (Å²) in [6.07, 6.45) is -2.87. The lowest BCUT2D eigenvalue weighted by atomic mass is 10.0. The summed E-state index contributed by atoms with van der Waals surface area (Å²) >= 11 is 1.33. The fourth-order valence-corrected chi connectivity index (χ4v) is 5.69. The monoisotopic (exact) mass is 554 g/mol. The highest BCUT2D eigenvalue weighted by molar-refractivity contribution is 7.13. The molecule has 0 spiro atoms. The van der Waals surface area contributed by atoms with E-state index in [4.69, 9.17) is 13.9 Å². The predicted molar refractivity (Wildman–Crippen MR) is 134 cm³/mol. The number of halogens is 3. The van der Waals surface area contributed by atoms with Gasteiger partial charge in [0, 0.05) is 37.3 Å². The van der Waals surface area contributed by atoms with E-state index in [1.54, 1.807) is 29.5 Å². The lowest BCUT2D eigenvalue weighted by Crippen LogP contribution is -2.56. The fourth-order valence-electron chi connectivity index (χ4n) is 5.04. The quantitative estimate of drug-likeness (QED) is 0.371. The third-order valence-corrected chi connectivity index (χ3v) is 7.47. The maximum Gasteiger partial charge on any atom is 0.573 e. The Balaban J connectivity index is 1.56. The molecular weight excluding hydrogens is 525 g/mol. The van der Waals surface area contributed by atoms with Crippen LogP contribution in [-0.2, 0) is 9.47 Å². The molecule has 2 saturated heterocycles. The lowest BCUT2D eigenvalue weighted by molar-refractivity contribution is -0.274. The van der Waals surface area contributed by atoms with Crippen molar-refractivity contribution in [3.05, 3.63) is 23.2 Å². The number of oxazole rings is 1. The number of amides is 1. The SMILES string of the molecule is COC(C)c1cc(-c2nccs2)c2oc(N3CC4CCC(C3)N4C(=O)OC(C)(C)C)nc2c1OC(F)(F)F. The summed E-state index contributed by atoms with van der Waals surface area (Å²) in [5.74, 6) is -0.465. The Bertz CT molecular complexity index is 1310. The van der Waals surface area contributed by atoms with Crippen LogP contribution < -0.4 is 9.64 Å². The van der Waals surface area contributed by atoms with E-state index in [2.05, 4.69) is 14.7 Å². The third kappa shape index (κ3) is 5.13. The third-order valence-electron chi connectivity index (χ3n) is 6.67. The van der Waals surface area contributed by atoms with Gasteiger partial charge in [0.1, 0.15) is 10.6 Å². The van der Waals surface area contributed by atoms with Crippen molar-refractivity contribution in [1.29, 1.82) is 0 Å². The first kappa shape index (κ1) is 26.5. The van der Waals surface area contributed by atoms with Crippen LogP contribution in [0.5, 0.6) is 5.75 Å². The molecule has 1 amide bonds. The molecule has 2 fully saturated rings. The first-order chi connectivity index (χ1) is 17.8. The zero-order valence-electron chi connectivity index (χ0n) is 21.7. The second-order valence-electron chi connectivity index (χ2n) is 10.5. The molecular formula is C25H29F3N4O5S. The van der Waals surface area contributed by atoms with Crippen molar-refractivity contribution < 1.29 is 36.6 Å². The van der Waals surface area contributed by atoms with Crippen LogP contribution in [0.25, 0.3) is 21.7 Å². The lowest BCUT2D eigenvalue weighted by Gasteiger charge is -2.40. The van der Waals surface area contributed by atoms with Gasteiger partial charge in [0.05, 0.1) is 23.8 Å². The Kier molecular flexibility index (Phi) is 6.70. The van der Waals surface area contributed by atoms with Gasteiger partial charge in [0.15, 0.2) is 16.8 Å². The molecule has 38 heavy (non-hydrogen) atoms. The second-order valence-corrected chi connectivity index (χ2v) is 11.4. The number of benzene rings is 1. The van der Waals surface area contributed by atoms with Crippen LogP contribution in [0, 0.1) is 0 Å². The van der Waals surface area contributed by atoms with E-state index in [-0.39, 0.29) is 40.9 Å². The van der Waals surface area contributed by atoms with Gasteiger partial charge in [-0.1, -0.05) is 0 Å². The van der Waals surface area contributed by atoms with Gasteiger partial charge in [-0.3, -0.25) is 4.90 Å². The van der Waals surface area contributed by atoms with Gasteiger partial charge in [-0.05, 0) is 46.6 Å². The van der Waals surface area contributed by atoms with E-state index in [1.165, 1.54) is 18.4 Å². The van der Waals surface area contributed by atoms with Crippen LogP contribution in [0.1, 0.15) is 52.2 Å². The van der Waals surface area contributed by atoms with E-state index in [9.17, 15) is 18.0 Å². The van der Waals surface area contributed by atoms with Crippen molar-refractivity contribution in [2.24, 2.45) is 0 Å². The zero-order chi connectivity index (χ0) is 27.4. The molecule has 1 aromatic carbocycles. The average molecular weight is 555 g/mol. The number of rotatable bonds is 5. The van der Waals surface area contributed by atoms with Gasteiger partial charge in [-0.15, -0.1) is 24.5 Å². The Labute approximate surface area is 221 Å². The van der Waals surface area contributed by atoms with Gasteiger partial charge in [0.2, 0.25) is 0 Å². The number of nitrogens with zero attached hydrogens (tertiary/aromatic N) is 4. The zero-order valence-corrected chi connectivity index (χ0v) is 22.5. The van der Waals surface area contributed by atoms with Crippen molar-refractivity contribution in [2.75, 3.05) is 25.1 Å². The molecule has 13 heteroatoms. The highest BCUT2D eigenvalue weighted by Gasteiger charge is 2.45. The number of anilines is 1. The van der Waals surface area contributed by atoms with Crippen molar-refractivity contribution in [3.8, 4) is 16.3 Å². The molecule has 0 aliphatic carbocycles. The Morgan fingerprint density at radius 3 is 2.45 bits per heavy atom. The van der Waals surface area contributed by atoms with Crippen LogP contribution in [0.4, 0.5) is 24.0 Å². The number of thiazole rings is 1. The fraction of sp³-hybridized carbons (Fsp3) is 0.560. The summed E-state index contributed by atoms with van der Waals surface area (Å²) in [5, 5.41) is 2.33. The molecule has 0 radical (unpaired) electrons. The Hall–Kier alpha value is -3.06. The molecule has 0 saturated carbocycles.